The van der Waals surface area contributed by atoms with Gasteiger partial charge in [-0.15, -0.1) is 0 Å². The molecule has 17 nitrogen and oxygen atoms in total. The standard InChI is InChI=1S/C29H33FN4.C28H30BrFN4.C24H23BrFN3O.C24H22FN3O2/c30-23-9-11-26-25(18-23)24(12-13-31-26)22-7-4-20(5-8-22)17-29-32-27-10-6-21(16-28(27)33-29)19-34-14-2-1-3-15-34;29-23-16-25-26(17-27(23)34-12-2-1-3-13-34)33-28(32-25)14-18-4-6-19(7-5-18)21-10-11-31-24-9-8-20(30)15-22(21)24;1-30-23-13-22-21(12-19(23)25)28-24(29-22)10-14-2-4-15(5-3-14)17-8-9-27-20-7-6-16(26)11-18(17)20;25-17-6-8-20-19(13-17)18(9-10-26-20)15-3-1-14(2-4-15)11-23-27-21-7-5-16(24(29)30)12-22(21)28-23/h6,9-13,16,18,20,22H,1-5,7-8,14-15,17,19H2,(H,32,33);8-11,15-19H,1-7,12-14H2,(H,32,33);6-9,11-15H,2-5,10H2,1H3,(H,28,29);5-10,12-15H,1-4,11H2,(H,27,28)(H,29,30). The Kier molecular flexibility index (Phi) is 26.4. The van der Waals surface area contributed by atoms with Gasteiger partial charge in [-0.05, 0) is 401 Å². The lowest BCUT2D eigenvalue weighted by Gasteiger charge is -2.29. The molecule has 16 aromatic rings. The number of aromatic carboxylic acids is 1. The number of nitrogens with one attached hydrogen (secondary N) is 4. The highest BCUT2D eigenvalue weighted by Crippen LogP contribution is 2.46. The van der Waals surface area contributed by atoms with Crippen molar-refractivity contribution in [2.45, 2.75) is 197 Å². The van der Waals surface area contributed by atoms with E-state index < -0.39 is 5.97 Å². The van der Waals surface area contributed by atoms with Crippen LogP contribution in [0.2, 0.25) is 0 Å². The average molecular weight is 1850 g/mol. The van der Waals surface area contributed by atoms with Gasteiger partial charge in [-0.25, -0.2) is 42.3 Å². The number of hydrogen-bond acceptors (Lipinski definition) is 12. The molecular weight excluding hydrogens is 1740 g/mol. The van der Waals surface area contributed by atoms with E-state index in [2.05, 4.69) is 135 Å². The largest absolute Gasteiger partial charge is 0.495 e. The Hall–Kier alpha value is -11.0. The quantitative estimate of drug-likeness (QED) is 0.0537. The highest BCUT2D eigenvalue weighted by molar-refractivity contribution is 9.11. The Morgan fingerprint density at radius 2 is 0.711 bits per heavy atom. The molecular formula is C105H108Br2F4N14O3. The summed E-state index contributed by atoms with van der Waals surface area (Å²) in [5.74, 6) is 7.49. The monoisotopic (exact) mass is 1850 g/mol. The lowest BCUT2D eigenvalue weighted by molar-refractivity contribution is 0.0697. The van der Waals surface area contributed by atoms with Crippen LogP contribution in [0.3, 0.4) is 0 Å². The third kappa shape index (κ3) is 20.0. The number of nitrogens with zero attached hydrogens (tertiary/aromatic N) is 10. The van der Waals surface area contributed by atoms with Crippen molar-refractivity contribution >= 4 is 131 Å². The highest BCUT2D eigenvalue weighted by Gasteiger charge is 2.31. The first kappa shape index (κ1) is 86.4. The van der Waals surface area contributed by atoms with Crippen molar-refractivity contribution in [3.63, 3.8) is 0 Å². The van der Waals surface area contributed by atoms with Crippen molar-refractivity contribution in [2.75, 3.05) is 38.2 Å². The number of anilines is 1. The minimum atomic E-state index is -0.935. The summed E-state index contributed by atoms with van der Waals surface area (Å²) in [7, 11) is 1.67. The molecule has 2 aliphatic heterocycles. The van der Waals surface area contributed by atoms with Gasteiger partial charge in [0.25, 0.3) is 0 Å². The number of imidazole rings is 4. The number of carboxylic acids is 1. The van der Waals surface area contributed by atoms with Crippen molar-refractivity contribution in [1.82, 2.24) is 64.7 Å². The van der Waals surface area contributed by atoms with Gasteiger partial charge in [-0.2, -0.15) is 0 Å². The molecule has 10 heterocycles. The van der Waals surface area contributed by atoms with Gasteiger partial charge < -0.3 is 34.7 Å². The van der Waals surface area contributed by atoms with Crippen molar-refractivity contribution in [1.29, 1.82) is 0 Å². The Morgan fingerprint density at radius 3 is 1.09 bits per heavy atom. The number of carboxylic acid groups (broad SMARTS) is 1. The molecule has 0 amide bonds. The molecule has 2 saturated heterocycles. The number of halogens is 6. The summed E-state index contributed by atoms with van der Waals surface area (Å²) in [6.45, 7) is 5.74. The van der Waals surface area contributed by atoms with Crippen LogP contribution in [0.1, 0.15) is 226 Å². The van der Waals surface area contributed by atoms with E-state index in [1.54, 1.807) is 73.8 Å². The van der Waals surface area contributed by atoms with Crippen molar-refractivity contribution in [3.05, 3.63) is 271 Å². The molecule has 0 radical (unpaired) electrons. The van der Waals surface area contributed by atoms with Gasteiger partial charge >= 0.3 is 5.97 Å². The summed E-state index contributed by atoms with van der Waals surface area (Å²) < 4.78 is 62.8. The Bertz CT molecular complexity index is 6650. The van der Waals surface area contributed by atoms with Crippen LogP contribution in [0, 0.1) is 46.9 Å². The van der Waals surface area contributed by atoms with Crippen LogP contribution in [0.15, 0.2) is 191 Å². The fourth-order valence-electron chi connectivity index (χ4n) is 21.6. The molecule has 0 unspecified atom stereocenters. The van der Waals surface area contributed by atoms with E-state index in [0.29, 0.717) is 47.3 Å². The summed E-state index contributed by atoms with van der Waals surface area (Å²) in [5, 5.41) is 13.0. The van der Waals surface area contributed by atoms with Crippen molar-refractivity contribution < 1.29 is 32.2 Å². The molecule has 5 N–H and O–H groups in total. The van der Waals surface area contributed by atoms with Crippen LogP contribution in [0.4, 0.5) is 23.2 Å². The zero-order chi connectivity index (χ0) is 87.3. The number of carbonyl (C=O) groups is 1. The number of ether oxygens (including phenoxy) is 1. The molecule has 6 aliphatic rings. The number of hydrogen-bond donors (Lipinski definition) is 5. The van der Waals surface area contributed by atoms with E-state index in [9.17, 15) is 22.4 Å². The first-order valence-corrected chi connectivity index (χ1v) is 47.8. The molecule has 23 heteroatoms. The van der Waals surface area contributed by atoms with Crippen LogP contribution in [0.25, 0.3) is 87.7 Å². The van der Waals surface area contributed by atoms with Gasteiger partial charge in [-0.1, -0.05) is 12.5 Å². The number of pyridine rings is 4. The average Bonchev–Trinajstić information content (AvgIpc) is 1.59. The number of fused-ring (bicyclic) bond motifs is 8. The summed E-state index contributed by atoms with van der Waals surface area (Å²) in [6, 6.07) is 48.0. The predicted octanol–water partition coefficient (Wildman–Crippen LogP) is 26.3. The number of piperidine rings is 2. The van der Waals surface area contributed by atoms with Crippen LogP contribution < -0.4 is 9.64 Å². The molecule has 6 fully saturated rings. The van der Waals surface area contributed by atoms with Crippen LogP contribution >= 0.6 is 31.9 Å². The molecule has 0 bridgehead atoms. The Labute approximate surface area is 759 Å². The number of rotatable bonds is 17. The fraction of sp³-hybridized carbons (Fsp3) is 0.381. The van der Waals surface area contributed by atoms with Gasteiger partial charge in [0, 0.05) is 102 Å². The zero-order valence-electron chi connectivity index (χ0n) is 72.4. The second kappa shape index (κ2) is 39.1. The number of benzene rings is 8. The summed E-state index contributed by atoms with van der Waals surface area (Å²) in [4.78, 5) is 67.1. The highest BCUT2D eigenvalue weighted by atomic mass is 79.9. The molecule has 0 spiro atoms. The summed E-state index contributed by atoms with van der Waals surface area (Å²) >= 11 is 7.33. The van der Waals surface area contributed by atoms with Crippen molar-refractivity contribution in [2.24, 2.45) is 23.7 Å². The van der Waals surface area contributed by atoms with Gasteiger partial charge in [-0.3, -0.25) is 24.8 Å². The number of methoxy groups -OCH3 is 1. The van der Waals surface area contributed by atoms with E-state index >= 15 is 0 Å². The lowest BCUT2D eigenvalue weighted by Crippen LogP contribution is -2.29. The molecule has 0 atom stereocenters. The Morgan fingerprint density at radius 1 is 0.375 bits per heavy atom. The maximum atomic E-state index is 13.9. The van der Waals surface area contributed by atoms with Gasteiger partial charge in [0.2, 0.25) is 0 Å². The number of aromatic amines is 4. The molecule has 658 valence electrons. The second-order valence-electron chi connectivity index (χ2n) is 36.8. The van der Waals surface area contributed by atoms with E-state index in [4.69, 9.17) is 24.8 Å². The van der Waals surface area contributed by atoms with Gasteiger partial charge in [0.15, 0.2) is 0 Å². The smallest absolute Gasteiger partial charge is 0.335 e. The minimum absolute atomic E-state index is 0.181. The third-order valence-corrected chi connectivity index (χ3v) is 29.6. The van der Waals surface area contributed by atoms with Crippen LogP contribution in [-0.2, 0) is 32.2 Å². The first-order valence-electron chi connectivity index (χ1n) is 46.3. The van der Waals surface area contributed by atoms with Crippen LogP contribution in [0.5, 0.6) is 5.75 Å². The molecule has 4 saturated carbocycles. The van der Waals surface area contributed by atoms with Crippen molar-refractivity contribution in [3.8, 4) is 5.75 Å². The zero-order valence-corrected chi connectivity index (χ0v) is 75.5. The molecule has 22 rings (SSSR count). The maximum absolute atomic E-state index is 13.9. The fourth-order valence-corrected chi connectivity index (χ4v) is 22.7. The predicted molar refractivity (Wildman–Crippen MR) is 509 cm³/mol. The number of likely N-dealkylation sites (tertiary alicyclic amines) is 1. The van der Waals surface area contributed by atoms with E-state index in [1.165, 1.54) is 141 Å². The van der Waals surface area contributed by atoms with Gasteiger partial charge in [0.1, 0.15) is 52.3 Å². The molecule has 128 heavy (non-hydrogen) atoms. The van der Waals surface area contributed by atoms with E-state index in [1.807, 2.05) is 43.0 Å². The SMILES string of the molecule is COc1cc2nc(CC3CCC(c4ccnc5ccc(F)cc45)CC3)[nH]c2cc1Br.Fc1ccc2nccc(C3CCC(Cc4nc5cc(N6CCCCC6)c(Br)cc5[nH]4)CC3)c2c1.Fc1ccc2nccc(C3CCC(Cc4nc5ccc(CN6CCCCC6)cc5[nH]4)CC3)c2c1.O=C(O)c1ccc2nc(CC3CCC(c4ccnc5ccc(F)cc45)CC3)[nH]c2c1. The summed E-state index contributed by atoms with van der Waals surface area (Å²) in [5.41, 5.74) is 19.3. The molecule has 8 aromatic carbocycles. The number of aromatic nitrogens is 12. The van der Waals surface area contributed by atoms with Gasteiger partial charge in [0.05, 0.1) is 89.0 Å². The topological polar surface area (TPSA) is 219 Å². The minimum Gasteiger partial charge on any atom is -0.495 e. The first-order chi connectivity index (χ1) is 62.5. The normalized spacial score (nSPS) is 20.6. The van der Waals surface area contributed by atoms with Crippen LogP contribution in [-0.4, -0.2) is 109 Å². The second-order valence-corrected chi connectivity index (χ2v) is 38.5. The number of H-pyrrole nitrogens is 4. The summed E-state index contributed by atoms with van der Waals surface area (Å²) in [6.07, 6.45) is 37.2. The third-order valence-electron chi connectivity index (χ3n) is 28.4. The maximum Gasteiger partial charge on any atom is 0.335 e. The van der Waals surface area contributed by atoms with E-state index in [0.717, 1.165) is 243 Å². The molecule has 4 aliphatic carbocycles. The van der Waals surface area contributed by atoms with E-state index in [-0.39, 0.29) is 28.8 Å². The lowest BCUT2D eigenvalue weighted by atomic mass is 9.77. The Balaban J connectivity index is 0.000000111. The molecule has 8 aromatic heterocycles.